The van der Waals surface area contributed by atoms with Crippen LogP contribution in [0.25, 0.3) is 10.8 Å². The fraction of sp³-hybridized carbons (Fsp3) is 0.444. The van der Waals surface area contributed by atoms with Crippen LogP contribution < -0.4 is 0 Å². The SMILES string of the molecule is OC(CC1CCCCC1)c1ccc(F)c2ccccc12. The number of hydrogen-bond acceptors (Lipinski definition) is 1. The molecule has 1 saturated carbocycles. The second-order valence-corrected chi connectivity index (χ2v) is 5.94. The van der Waals surface area contributed by atoms with Crippen LogP contribution in [0.4, 0.5) is 4.39 Å². The van der Waals surface area contributed by atoms with Crippen molar-refractivity contribution >= 4 is 10.8 Å². The lowest BCUT2D eigenvalue weighted by atomic mass is 9.83. The summed E-state index contributed by atoms with van der Waals surface area (Å²) in [5.74, 6) is 0.400. The Morgan fingerprint density at radius 2 is 1.70 bits per heavy atom. The van der Waals surface area contributed by atoms with E-state index in [-0.39, 0.29) is 5.82 Å². The average Bonchev–Trinajstić information content (AvgIpc) is 2.49. The van der Waals surface area contributed by atoms with Crippen LogP contribution in [0, 0.1) is 11.7 Å². The number of aliphatic hydroxyl groups is 1. The normalized spacial score (nSPS) is 18.3. The Hall–Kier alpha value is -1.41. The minimum Gasteiger partial charge on any atom is -0.388 e. The van der Waals surface area contributed by atoms with E-state index in [1.54, 1.807) is 12.1 Å². The predicted molar refractivity (Wildman–Crippen MR) is 80.1 cm³/mol. The number of fused-ring (bicyclic) bond motifs is 1. The van der Waals surface area contributed by atoms with Gasteiger partial charge in [0.15, 0.2) is 0 Å². The average molecular weight is 272 g/mol. The van der Waals surface area contributed by atoms with Crippen molar-refractivity contribution in [2.24, 2.45) is 5.92 Å². The fourth-order valence-electron chi connectivity index (χ4n) is 3.44. The summed E-state index contributed by atoms with van der Waals surface area (Å²) in [5, 5.41) is 12.0. The molecule has 1 aliphatic carbocycles. The van der Waals surface area contributed by atoms with Gasteiger partial charge in [0.05, 0.1) is 6.10 Å². The third-order valence-electron chi connectivity index (χ3n) is 4.54. The Labute approximate surface area is 119 Å². The maximum absolute atomic E-state index is 13.8. The zero-order valence-electron chi connectivity index (χ0n) is 11.7. The van der Waals surface area contributed by atoms with E-state index in [0.717, 1.165) is 17.4 Å². The van der Waals surface area contributed by atoms with Crippen molar-refractivity contribution in [1.29, 1.82) is 0 Å². The van der Waals surface area contributed by atoms with Crippen LogP contribution in [-0.4, -0.2) is 5.11 Å². The highest BCUT2D eigenvalue weighted by atomic mass is 19.1. The first-order chi connectivity index (χ1) is 9.75. The van der Waals surface area contributed by atoms with E-state index < -0.39 is 6.10 Å². The Morgan fingerprint density at radius 3 is 2.45 bits per heavy atom. The van der Waals surface area contributed by atoms with E-state index in [2.05, 4.69) is 0 Å². The molecule has 1 N–H and O–H groups in total. The summed E-state index contributed by atoms with van der Waals surface area (Å²) in [5.41, 5.74) is 0.868. The van der Waals surface area contributed by atoms with Gasteiger partial charge in [0.2, 0.25) is 0 Å². The van der Waals surface area contributed by atoms with Crippen LogP contribution in [0.15, 0.2) is 36.4 Å². The number of benzene rings is 2. The van der Waals surface area contributed by atoms with E-state index in [1.165, 1.54) is 38.2 Å². The largest absolute Gasteiger partial charge is 0.388 e. The van der Waals surface area contributed by atoms with Gasteiger partial charge in [-0.15, -0.1) is 0 Å². The molecule has 0 aromatic heterocycles. The molecule has 0 amide bonds. The third-order valence-corrected chi connectivity index (χ3v) is 4.54. The molecule has 0 heterocycles. The van der Waals surface area contributed by atoms with Gasteiger partial charge >= 0.3 is 0 Å². The van der Waals surface area contributed by atoms with E-state index >= 15 is 0 Å². The van der Waals surface area contributed by atoms with Crippen molar-refractivity contribution < 1.29 is 9.50 Å². The molecule has 2 aromatic rings. The van der Waals surface area contributed by atoms with E-state index in [1.807, 2.05) is 18.2 Å². The molecule has 0 saturated heterocycles. The Morgan fingerprint density at radius 1 is 1.00 bits per heavy atom. The van der Waals surface area contributed by atoms with E-state index in [0.29, 0.717) is 11.3 Å². The van der Waals surface area contributed by atoms with E-state index in [4.69, 9.17) is 0 Å². The molecule has 1 nitrogen and oxygen atoms in total. The van der Waals surface area contributed by atoms with Gasteiger partial charge in [0.1, 0.15) is 5.82 Å². The van der Waals surface area contributed by atoms with Crippen LogP contribution >= 0.6 is 0 Å². The molecule has 106 valence electrons. The lowest BCUT2D eigenvalue weighted by Crippen LogP contribution is -2.11. The van der Waals surface area contributed by atoms with E-state index in [9.17, 15) is 9.50 Å². The Balaban J connectivity index is 1.87. The van der Waals surface area contributed by atoms with Crippen LogP contribution in [0.3, 0.4) is 0 Å². The summed E-state index contributed by atoms with van der Waals surface area (Å²) < 4.78 is 13.8. The summed E-state index contributed by atoms with van der Waals surface area (Å²) in [4.78, 5) is 0. The minimum absolute atomic E-state index is 0.214. The van der Waals surface area contributed by atoms with Gasteiger partial charge in [-0.2, -0.15) is 0 Å². The van der Waals surface area contributed by atoms with Crippen molar-refractivity contribution in [3.05, 3.63) is 47.8 Å². The van der Waals surface area contributed by atoms with Crippen LogP contribution in [0.5, 0.6) is 0 Å². The minimum atomic E-state index is -0.483. The summed E-state index contributed by atoms with van der Waals surface area (Å²) in [7, 11) is 0. The molecule has 2 aromatic carbocycles. The number of aliphatic hydroxyl groups excluding tert-OH is 1. The smallest absolute Gasteiger partial charge is 0.131 e. The Bertz CT molecular complexity index is 587. The summed E-state index contributed by atoms with van der Waals surface area (Å²) in [6, 6.07) is 10.6. The highest BCUT2D eigenvalue weighted by Gasteiger charge is 2.20. The topological polar surface area (TPSA) is 20.2 Å². The molecule has 1 aliphatic rings. The summed E-state index contributed by atoms with van der Waals surface area (Å²) in [6.07, 6.45) is 6.64. The van der Waals surface area contributed by atoms with Crippen molar-refractivity contribution in [1.82, 2.24) is 0 Å². The zero-order chi connectivity index (χ0) is 13.9. The molecule has 0 radical (unpaired) electrons. The second-order valence-electron chi connectivity index (χ2n) is 5.94. The Kier molecular flexibility index (Phi) is 4.02. The second kappa shape index (κ2) is 5.92. The number of rotatable bonds is 3. The molecular weight excluding hydrogens is 251 g/mol. The maximum Gasteiger partial charge on any atom is 0.131 e. The lowest BCUT2D eigenvalue weighted by molar-refractivity contribution is 0.132. The van der Waals surface area contributed by atoms with Crippen molar-refractivity contribution in [3.8, 4) is 0 Å². The lowest BCUT2D eigenvalue weighted by Gasteiger charge is -2.24. The van der Waals surface area contributed by atoms with Gasteiger partial charge in [0, 0.05) is 5.39 Å². The van der Waals surface area contributed by atoms with Gasteiger partial charge in [-0.05, 0) is 29.4 Å². The third kappa shape index (κ3) is 2.71. The number of halogens is 1. The molecule has 1 unspecified atom stereocenters. The van der Waals surface area contributed by atoms with Crippen LogP contribution in [-0.2, 0) is 0 Å². The first-order valence-corrected chi connectivity index (χ1v) is 7.61. The predicted octanol–water partition coefficient (Wildman–Crippen LogP) is 4.98. The first kappa shape index (κ1) is 13.6. The molecule has 3 rings (SSSR count). The molecule has 0 bridgehead atoms. The summed E-state index contributed by atoms with van der Waals surface area (Å²) in [6.45, 7) is 0. The summed E-state index contributed by atoms with van der Waals surface area (Å²) >= 11 is 0. The van der Waals surface area contributed by atoms with Gasteiger partial charge in [-0.1, -0.05) is 62.4 Å². The van der Waals surface area contributed by atoms with Gasteiger partial charge < -0.3 is 5.11 Å². The highest BCUT2D eigenvalue weighted by Crippen LogP contribution is 2.34. The molecule has 1 fully saturated rings. The highest BCUT2D eigenvalue weighted by molar-refractivity contribution is 5.86. The molecule has 20 heavy (non-hydrogen) atoms. The van der Waals surface area contributed by atoms with Crippen molar-refractivity contribution in [2.45, 2.75) is 44.6 Å². The van der Waals surface area contributed by atoms with Gasteiger partial charge in [0.25, 0.3) is 0 Å². The van der Waals surface area contributed by atoms with Crippen molar-refractivity contribution in [2.75, 3.05) is 0 Å². The molecule has 2 heteroatoms. The van der Waals surface area contributed by atoms with Crippen LogP contribution in [0.2, 0.25) is 0 Å². The first-order valence-electron chi connectivity index (χ1n) is 7.61. The molecule has 1 atom stereocenters. The molecular formula is C18H21FO. The van der Waals surface area contributed by atoms with Gasteiger partial charge in [-0.3, -0.25) is 0 Å². The fourth-order valence-corrected chi connectivity index (χ4v) is 3.44. The zero-order valence-corrected chi connectivity index (χ0v) is 11.7. The van der Waals surface area contributed by atoms with Crippen LogP contribution in [0.1, 0.15) is 50.2 Å². The maximum atomic E-state index is 13.8. The quantitative estimate of drug-likeness (QED) is 0.835. The number of hydrogen-bond donors (Lipinski definition) is 1. The standard InChI is InChI=1S/C18H21FO/c19-17-11-10-16(14-8-4-5-9-15(14)17)18(20)12-13-6-2-1-3-7-13/h4-5,8-11,13,18,20H,1-3,6-7,12H2. The van der Waals surface area contributed by atoms with Crippen molar-refractivity contribution in [3.63, 3.8) is 0 Å². The monoisotopic (exact) mass is 272 g/mol. The van der Waals surface area contributed by atoms with Gasteiger partial charge in [-0.25, -0.2) is 4.39 Å². The molecule has 0 aliphatic heterocycles. The molecule has 0 spiro atoms.